The van der Waals surface area contributed by atoms with E-state index in [0.29, 0.717) is 0 Å². The molecule has 0 spiro atoms. The number of hydrogen-bond donors (Lipinski definition) is 1. The van der Waals surface area contributed by atoms with Crippen molar-refractivity contribution in [1.29, 1.82) is 0 Å². The van der Waals surface area contributed by atoms with Crippen molar-refractivity contribution in [1.82, 2.24) is 14.9 Å². The van der Waals surface area contributed by atoms with E-state index in [1.165, 1.54) is 14.9 Å². The minimum atomic E-state index is -0.822. The minimum absolute atomic E-state index is 0.199. The summed E-state index contributed by atoms with van der Waals surface area (Å²) in [4.78, 5) is 12.2. The molecule has 0 aromatic heterocycles. The summed E-state index contributed by atoms with van der Waals surface area (Å²) in [6.45, 7) is 0. The van der Waals surface area contributed by atoms with Gasteiger partial charge in [-0.1, -0.05) is 0 Å². The Balaban J connectivity index is 2.78. The van der Waals surface area contributed by atoms with E-state index >= 15 is 0 Å². The standard InChI is InChI=1S/C5H11N3O2/c1-6-4(9)7(2)8(3)5(6)10/h4,9H,1-3H3. The van der Waals surface area contributed by atoms with E-state index in [2.05, 4.69) is 0 Å². The third kappa shape index (κ3) is 0.748. The Bertz CT molecular complexity index is 145. The lowest BCUT2D eigenvalue weighted by atomic mass is 10.8. The molecule has 0 aliphatic carbocycles. The fourth-order valence-electron chi connectivity index (χ4n) is 0.868. The van der Waals surface area contributed by atoms with Gasteiger partial charge in [0.15, 0.2) is 0 Å². The van der Waals surface area contributed by atoms with Crippen LogP contribution in [0.15, 0.2) is 0 Å². The number of aliphatic hydroxyl groups excluding tert-OH is 1. The number of hydrazine groups is 1. The zero-order valence-corrected chi connectivity index (χ0v) is 6.27. The van der Waals surface area contributed by atoms with Gasteiger partial charge >= 0.3 is 6.03 Å². The molecule has 1 atom stereocenters. The molecule has 1 aliphatic rings. The average molecular weight is 145 g/mol. The average Bonchev–Trinajstić information content (AvgIpc) is 2.07. The molecule has 2 amide bonds. The summed E-state index contributed by atoms with van der Waals surface area (Å²) in [6, 6.07) is -0.199. The molecule has 1 rings (SSSR count). The normalized spacial score (nSPS) is 28.4. The largest absolute Gasteiger partial charge is 0.359 e. The van der Waals surface area contributed by atoms with Gasteiger partial charge in [-0.15, -0.1) is 0 Å². The number of rotatable bonds is 0. The topological polar surface area (TPSA) is 47.0 Å². The summed E-state index contributed by atoms with van der Waals surface area (Å²) in [5.74, 6) is 0. The van der Waals surface area contributed by atoms with E-state index in [1.54, 1.807) is 21.1 Å². The molecule has 0 aromatic carbocycles. The third-order valence-corrected chi connectivity index (χ3v) is 1.73. The van der Waals surface area contributed by atoms with Crippen LogP contribution in [0.25, 0.3) is 0 Å². The second-order valence-electron chi connectivity index (χ2n) is 2.34. The zero-order chi connectivity index (χ0) is 7.89. The van der Waals surface area contributed by atoms with Gasteiger partial charge in [-0.3, -0.25) is 9.91 Å². The molecule has 1 unspecified atom stereocenters. The fraction of sp³-hybridized carbons (Fsp3) is 0.800. The predicted octanol–water partition coefficient (Wildman–Crippen LogP) is -0.894. The van der Waals surface area contributed by atoms with Crippen LogP contribution in [0.2, 0.25) is 0 Å². The highest BCUT2D eigenvalue weighted by Crippen LogP contribution is 2.12. The Kier molecular flexibility index (Phi) is 1.53. The van der Waals surface area contributed by atoms with Gasteiger partial charge < -0.3 is 5.11 Å². The van der Waals surface area contributed by atoms with Crippen molar-refractivity contribution < 1.29 is 9.90 Å². The fourth-order valence-corrected chi connectivity index (χ4v) is 0.868. The molecule has 1 N–H and O–H groups in total. The van der Waals surface area contributed by atoms with Crippen molar-refractivity contribution in [2.45, 2.75) is 6.35 Å². The van der Waals surface area contributed by atoms with Crippen molar-refractivity contribution in [3.05, 3.63) is 0 Å². The first-order valence-electron chi connectivity index (χ1n) is 2.97. The number of carbonyl (C=O) groups is 1. The smallest absolute Gasteiger partial charge is 0.337 e. The zero-order valence-electron chi connectivity index (χ0n) is 6.27. The maximum atomic E-state index is 11.0. The van der Waals surface area contributed by atoms with Gasteiger partial charge in [0.1, 0.15) is 0 Å². The maximum absolute atomic E-state index is 11.0. The van der Waals surface area contributed by atoms with E-state index in [9.17, 15) is 9.90 Å². The Hall–Kier alpha value is -0.810. The first-order valence-corrected chi connectivity index (χ1v) is 2.97. The van der Waals surface area contributed by atoms with E-state index in [0.717, 1.165) is 0 Å². The summed E-state index contributed by atoms with van der Waals surface area (Å²) >= 11 is 0. The first-order chi connectivity index (χ1) is 4.55. The second kappa shape index (κ2) is 2.10. The van der Waals surface area contributed by atoms with Gasteiger partial charge in [0, 0.05) is 21.1 Å². The lowest BCUT2D eigenvalue weighted by molar-refractivity contribution is -0.0819. The molecule has 58 valence electrons. The van der Waals surface area contributed by atoms with Crippen molar-refractivity contribution in [3.63, 3.8) is 0 Å². The van der Waals surface area contributed by atoms with Crippen LogP contribution in [-0.2, 0) is 0 Å². The van der Waals surface area contributed by atoms with Gasteiger partial charge in [0.05, 0.1) is 0 Å². The molecule has 1 fully saturated rings. The summed E-state index contributed by atoms with van der Waals surface area (Å²) in [5.41, 5.74) is 0. The monoisotopic (exact) mass is 145 g/mol. The van der Waals surface area contributed by atoms with Crippen LogP contribution in [0.3, 0.4) is 0 Å². The quantitative estimate of drug-likeness (QED) is 0.481. The van der Waals surface area contributed by atoms with Gasteiger partial charge in [0.2, 0.25) is 6.35 Å². The molecule has 1 aliphatic heterocycles. The summed E-state index contributed by atoms with van der Waals surface area (Å²) in [7, 11) is 4.80. The molecule has 0 bridgehead atoms. The molecule has 0 aromatic rings. The number of hydrogen-bond acceptors (Lipinski definition) is 3. The van der Waals surface area contributed by atoms with Gasteiger partial charge in [-0.25, -0.2) is 4.79 Å². The molecular weight excluding hydrogens is 134 g/mol. The molecule has 0 radical (unpaired) electrons. The van der Waals surface area contributed by atoms with Crippen LogP contribution in [0.1, 0.15) is 0 Å². The van der Waals surface area contributed by atoms with Gasteiger partial charge in [-0.05, 0) is 0 Å². The Morgan fingerprint density at radius 1 is 1.40 bits per heavy atom. The van der Waals surface area contributed by atoms with Crippen molar-refractivity contribution >= 4 is 6.03 Å². The maximum Gasteiger partial charge on any atom is 0.337 e. The van der Waals surface area contributed by atoms with Crippen molar-refractivity contribution in [3.8, 4) is 0 Å². The van der Waals surface area contributed by atoms with Crippen LogP contribution in [0.5, 0.6) is 0 Å². The highest BCUT2D eigenvalue weighted by molar-refractivity contribution is 5.75. The summed E-state index contributed by atoms with van der Waals surface area (Å²) in [5, 5.41) is 12.0. The number of urea groups is 1. The molecular formula is C5H11N3O2. The Labute approximate surface area is 59.4 Å². The molecule has 0 saturated carbocycles. The van der Waals surface area contributed by atoms with E-state index in [-0.39, 0.29) is 6.03 Å². The highest BCUT2D eigenvalue weighted by Gasteiger charge is 2.35. The molecule has 1 saturated heterocycles. The lowest BCUT2D eigenvalue weighted by Crippen LogP contribution is -2.37. The van der Waals surface area contributed by atoms with Crippen LogP contribution in [0.4, 0.5) is 4.79 Å². The third-order valence-electron chi connectivity index (χ3n) is 1.73. The molecule has 1 heterocycles. The number of aliphatic hydroxyl groups is 1. The van der Waals surface area contributed by atoms with Crippen molar-refractivity contribution in [2.24, 2.45) is 0 Å². The van der Waals surface area contributed by atoms with E-state index < -0.39 is 6.35 Å². The second-order valence-corrected chi connectivity index (χ2v) is 2.34. The number of carbonyl (C=O) groups excluding carboxylic acids is 1. The van der Waals surface area contributed by atoms with Crippen molar-refractivity contribution in [2.75, 3.05) is 21.1 Å². The lowest BCUT2D eigenvalue weighted by Gasteiger charge is -2.18. The minimum Gasteiger partial charge on any atom is -0.359 e. The van der Waals surface area contributed by atoms with Crippen LogP contribution in [0, 0.1) is 0 Å². The Morgan fingerprint density at radius 2 is 1.90 bits per heavy atom. The van der Waals surface area contributed by atoms with Crippen LogP contribution in [-0.4, -0.2) is 53.6 Å². The predicted molar refractivity (Wildman–Crippen MR) is 34.7 cm³/mol. The summed E-state index contributed by atoms with van der Waals surface area (Å²) in [6.07, 6.45) is -0.822. The van der Waals surface area contributed by atoms with Crippen LogP contribution >= 0.6 is 0 Å². The molecule has 5 nitrogen and oxygen atoms in total. The molecule has 10 heavy (non-hydrogen) atoms. The van der Waals surface area contributed by atoms with E-state index in [1.807, 2.05) is 0 Å². The summed E-state index contributed by atoms with van der Waals surface area (Å²) < 4.78 is 0. The first kappa shape index (κ1) is 7.30. The number of amides is 2. The molecule has 5 heteroatoms. The van der Waals surface area contributed by atoms with Crippen LogP contribution < -0.4 is 0 Å². The SMILES string of the molecule is CN1C(=O)N(C)N(C)C1O. The highest BCUT2D eigenvalue weighted by atomic mass is 16.3. The van der Waals surface area contributed by atoms with Gasteiger partial charge in [0.25, 0.3) is 0 Å². The van der Waals surface area contributed by atoms with E-state index in [4.69, 9.17) is 0 Å². The van der Waals surface area contributed by atoms with Gasteiger partial charge in [-0.2, -0.15) is 5.01 Å². The number of nitrogens with zero attached hydrogens (tertiary/aromatic N) is 3. The Morgan fingerprint density at radius 3 is 2.00 bits per heavy atom.